The van der Waals surface area contributed by atoms with Crippen molar-refractivity contribution in [2.75, 3.05) is 5.32 Å². The van der Waals surface area contributed by atoms with Crippen molar-refractivity contribution >= 4 is 36.4 Å². The number of hydrogen-bond acceptors (Lipinski definition) is 5. The summed E-state index contributed by atoms with van der Waals surface area (Å²) in [6.45, 7) is 3.80. The molecule has 21 heavy (non-hydrogen) atoms. The van der Waals surface area contributed by atoms with Crippen molar-refractivity contribution in [3.63, 3.8) is 0 Å². The van der Waals surface area contributed by atoms with Crippen molar-refractivity contribution in [2.24, 2.45) is 11.7 Å². The summed E-state index contributed by atoms with van der Waals surface area (Å²) in [5, 5.41) is 6.69. The highest BCUT2D eigenvalue weighted by molar-refractivity contribution is 5.94. The number of pyridine rings is 1. The second kappa shape index (κ2) is 8.56. The van der Waals surface area contributed by atoms with Crippen LogP contribution in [0.15, 0.2) is 31.0 Å². The molecule has 0 fully saturated rings. The van der Waals surface area contributed by atoms with Crippen molar-refractivity contribution in [3.8, 4) is 5.82 Å². The molecule has 2 aromatic rings. The van der Waals surface area contributed by atoms with Gasteiger partial charge in [-0.05, 0) is 18.1 Å². The van der Waals surface area contributed by atoms with E-state index in [9.17, 15) is 4.79 Å². The van der Waals surface area contributed by atoms with Crippen LogP contribution in [0.2, 0.25) is 0 Å². The number of carbonyl (C=O) groups is 1. The summed E-state index contributed by atoms with van der Waals surface area (Å²) < 4.78 is 1.53. The van der Waals surface area contributed by atoms with Crippen LogP contribution in [0.4, 0.5) is 5.69 Å². The van der Waals surface area contributed by atoms with Crippen molar-refractivity contribution in [3.05, 3.63) is 31.0 Å². The molecule has 0 radical (unpaired) electrons. The van der Waals surface area contributed by atoms with Gasteiger partial charge in [0.15, 0.2) is 5.82 Å². The smallest absolute Gasteiger partial charge is 0.241 e. The van der Waals surface area contributed by atoms with Crippen LogP contribution in [-0.2, 0) is 4.79 Å². The lowest BCUT2D eigenvalue weighted by molar-refractivity contribution is -0.118. The molecule has 0 unspecified atom stereocenters. The van der Waals surface area contributed by atoms with Gasteiger partial charge in [-0.1, -0.05) is 13.8 Å². The van der Waals surface area contributed by atoms with Crippen LogP contribution in [0, 0.1) is 5.92 Å². The molecule has 0 saturated carbocycles. The molecular formula is C12H18Cl2N6O. The van der Waals surface area contributed by atoms with Gasteiger partial charge < -0.3 is 11.1 Å². The lowest BCUT2D eigenvalue weighted by atomic mass is 10.1. The van der Waals surface area contributed by atoms with Gasteiger partial charge in [-0.15, -0.1) is 24.8 Å². The SMILES string of the molecule is CC(C)[C@@H](N)C(=O)Nc1ccc(-n2cncn2)nc1.Cl.Cl. The monoisotopic (exact) mass is 332 g/mol. The van der Waals surface area contributed by atoms with Crippen LogP contribution < -0.4 is 11.1 Å². The number of aromatic nitrogens is 4. The molecule has 0 saturated heterocycles. The Bertz CT molecular complexity index is 543. The molecular weight excluding hydrogens is 315 g/mol. The fraction of sp³-hybridized carbons (Fsp3) is 0.333. The molecule has 0 aliphatic rings. The number of hydrogen-bond donors (Lipinski definition) is 2. The van der Waals surface area contributed by atoms with Crippen molar-refractivity contribution in [1.82, 2.24) is 19.7 Å². The Labute approximate surface area is 135 Å². The third-order valence-electron chi connectivity index (χ3n) is 2.69. The molecule has 0 aromatic carbocycles. The van der Waals surface area contributed by atoms with Crippen molar-refractivity contribution in [2.45, 2.75) is 19.9 Å². The van der Waals surface area contributed by atoms with E-state index in [4.69, 9.17) is 5.73 Å². The minimum atomic E-state index is -0.532. The summed E-state index contributed by atoms with van der Waals surface area (Å²) in [6, 6.07) is 2.95. The zero-order valence-corrected chi connectivity index (χ0v) is 13.3. The Balaban J connectivity index is 0.00000200. The van der Waals surface area contributed by atoms with E-state index in [1.165, 1.54) is 11.0 Å². The van der Waals surface area contributed by atoms with E-state index in [1.54, 1.807) is 24.7 Å². The number of rotatable bonds is 4. The average molecular weight is 333 g/mol. The van der Waals surface area contributed by atoms with Gasteiger partial charge in [0.05, 0.1) is 17.9 Å². The minimum absolute atomic E-state index is 0. The first-order valence-electron chi connectivity index (χ1n) is 5.95. The lowest BCUT2D eigenvalue weighted by Gasteiger charge is -2.15. The van der Waals surface area contributed by atoms with E-state index in [1.807, 2.05) is 13.8 Å². The highest BCUT2D eigenvalue weighted by atomic mass is 35.5. The maximum Gasteiger partial charge on any atom is 0.241 e. The van der Waals surface area contributed by atoms with Gasteiger partial charge in [-0.25, -0.2) is 14.6 Å². The van der Waals surface area contributed by atoms with Crippen LogP contribution in [0.25, 0.3) is 5.82 Å². The van der Waals surface area contributed by atoms with E-state index in [0.717, 1.165) is 0 Å². The molecule has 3 N–H and O–H groups in total. The first kappa shape index (κ1) is 19.3. The van der Waals surface area contributed by atoms with Gasteiger partial charge in [-0.2, -0.15) is 5.10 Å². The summed E-state index contributed by atoms with van der Waals surface area (Å²) >= 11 is 0. The second-order valence-corrected chi connectivity index (χ2v) is 4.50. The van der Waals surface area contributed by atoms with Crippen molar-refractivity contribution in [1.29, 1.82) is 0 Å². The summed E-state index contributed by atoms with van der Waals surface area (Å²) in [6.07, 6.45) is 4.54. The Morgan fingerprint density at radius 3 is 2.52 bits per heavy atom. The van der Waals surface area contributed by atoms with Gasteiger partial charge in [0, 0.05) is 0 Å². The number of halogens is 2. The van der Waals surface area contributed by atoms with Crippen molar-refractivity contribution < 1.29 is 4.79 Å². The van der Waals surface area contributed by atoms with Gasteiger partial charge in [0.2, 0.25) is 5.91 Å². The van der Waals surface area contributed by atoms with E-state index in [0.29, 0.717) is 11.5 Å². The van der Waals surface area contributed by atoms with E-state index >= 15 is 0 Å². The number of carbonyl (C=O) groups excluding carboxylic acids is 1. The minimum Gasteiger partial charge on any atom is -0.323 e. The molecule has 2 aromatic heterocycles. The molecule has 0 bridgehead atoms. The molecule has 2 heterocycles. The fourth-order valence-corrected chi connectivity index (χ4v) is 1.45. The summed E-state index contributed by atoms with van der Waals surface area (Å²) in [4.78, 5) is 19.8. The average Bonchev–Trinajstić information content (AvgIpc) is 2.92. The Morgan fingerprint density at radius 2 is 2.05 bits per heavy atom. The third-order valence-corrected chi connectivity index (χ3v) is 2.69. The maximum absolute atomic E-state index is 11.8. The van der Waals surface area contributed by atoms with Crippen LogP contribution in [0.1, 0.15) is 13.8 Å². The molecule has 7 nitrogen and oxygen atoms in total. The van der Waals surface area contributed by atoms with E-state index in [-0.39, 0.29) is 36.6 Å². The third kappa shape index (κ3) is 4.96. The predicted octanol–water partition coefficient (Wildman–Crippen LogP) is 1.43. The molecule has 2 rings (SSSR count). The Kier molecular flexibility index (Phi) is 7.86. The van der Waals surface area contributed by atoms with Gasteiger partial charge >= 0.3 is 0 Å². The lowest BCUT2D eigenvalue weighted by Crippen LogP contribution is -2.39. The molecule has 116 valence electrons. The zero-order chi connectivity index (χ0) is 13.8. The van der Waals surface area contributed by atoms with Crippen LogP contribution >= 0.6 is 24.8 Å². The number of nitrogens with one attached hydrogen (secondary N) is 1. The Morgan fingerprint density at radius 1 is 1.33 bits per heavy atom. The number of nitrogens with zero attached hydrogens (tertiary/aromatic N) is 4. The van der Waals surface area contributed by atoms with E-state index in [2.05, 4.69) is 20.4 Å². The fourth-order valence-electron chi connectivity index (χ4n) is 1.45. The molecule has 1 atom stereocenters. The van der Waals surface area contributed by atoms with E-state index < -0.39 is 6.04 Å². The first-order chi connectivity index (χ1) is 9.08. The maximum atomic E-state index is 11.8. The quantitative estimate of drug-likeness (QED) is 0.882. The number of anilines is 1. The summed E-state index contributed by atoms with van der Waals surface area (Å²) in [5.74, 6) is 0.497. The normalized spacial score (nSPS) is 11.2. The molecule has 1 amide bonds. The van der Waals surface area contributed by atoms with Crippen LogP contribution in [0.3, 0.4) is 0 Å². The highest BCUT2D eigenvalue weighted by Crippen LogP contribution is 2.10. The summed E-state index contributed by atoms with van der Waals surface area (Å²) in [7, 11) is 0. The second-order valence-electron chi connectivity index (χ2n) is 4.50. The van der Waals surface area contributed by atoms with Gasteiger partial charge in [-0.3, -0.25) is 4.79 Å². The van der Waals surface area contributed by atoms with Crippen LogP contribution in [-0.4, -0.2) is 31.7 Å². The zero-order valence-electron chi connectivity index (χ0n) is 11.6. The molecule has 0 aliphatic carbocycles. The first-order valence-corrected chi connectivity index (χ1v) is 5.95. The largest absolute Gasteiger partial charge is 0.323 e. The van der Waals surface area contributed by atoms with Crippen LogP contribution in [0.5, 0.6) is 0 Å². The Hall–Kier alpha value is -1.70. The molecule has 9 heteroatoms. The number of amides is 1. The highest BCUT2D eigenvalue weighted by Gasteiger charge is 2.17. The summed E-state index contributed by atoms with van der Waals surface area (Å²) in [5.41, 5.74) is 6.36. The standard InChI is InChI=1S/C12H16N6O.2ClH/c1-8(2)11(13)12(19)17-9-3-4-10(15-5-9)18-7-14-6-16-18;;/h3-8,11H,13H2,1-2H3,(H,17,19);2*1H/t11-;;/m1../s1. The predicted molar refractivity (Wildman–Crippen MR) is 85.1 cm³/mol. The molecule has 0 aliphatic heterocycles. The van der Waals surface area contributed by atoms with Gasteiger partial charge in [0.1, 0.15) is 12.7 Å². The molecule has 0 spiro atoms. The number of nitrogens with two attached hydrogens (primary N) is 1. The topological polar surface area (TPSA) is 98.7 Å². The van der Waals surface area contributed by atoms with Gasteiger partial charge in [0.25, 0.3) is 0 Å².